The van der Waals surface area contributed by atoms with Gasteiger partial charge in [0.25, 0.3) is 11.8 Å². The van der Waals surface area contributed by atoms with Crippen molar-refractivity contribution in [1.29, 1.82) is 0 Å². The Bertz CT molecular complexity index is 1650. The van der Waals surface area contributed by atoms with Crippen LogP contribution in [0, 0.1) is 0 Å². The van der Waals surface area contributed by atoms with E-state index in [9.17, 15) is 9.59 Å². The van der Waals surface area contributed by atoms with Gasteiger partial charge < -0.3 is 26.4 Å². The number of nitrogens with zero attached hydrogens (tertiary/aromatic N) is 4. The zero-order chi connectivity index (χ0) is 31.3. The monoisotopic (exact) mass is 606 g/mol. The minimum absolute atomic E-state index is 0.144. The highest BCUT2D eigenvalue weighted by atomic mass is 16.5. The molecule has 0 saturated carbocycles. The SMILES string of the molecule is COc1cc(CN2CC3CCC(C2)N3C)ccc1Nc1nc(Nc2ccc(C(=O)NCc3ccccc3)cc2)ncc1C(N)=O. The van der Waals surface area contributed by atoms with E-state index >= 15 is 0 Å². The summed E-state index contributed by atoms with van der Waals surface area (Å²) >= 11 is 0. The number of primary amides is 1. The summed E-state index contributed by atoms with van der Waals surface area (Å²) in [5.74, 6) is 0.307. The van der Waals surface area contributed by atoms with E-state index in [-0.39, 0.29) is 23.2 Å². The maximum absolute atomic E-state index is 12.6. The smallest absolute Gasteiger partial charge is 0.254 e. The number of hydrogen-bond donors (Lipinski definition) is 4. The van der Waals surface area contributed by atoms with Crippen molar-refractivity contribution in [3.05, 3.63) is 101 Å². The number of likely N-dealkylation sites (tertiary alicyclic amines) is 1. The van der Waals surface area contributed by atoms with Crippen LogP contribution in [0.25, 0.3) is 0 Å². The lowest BCUT2D eigenvalue weighted by Crippen LogP contribution is -2.51. The highest BCUT2D eigenvalue weighted by Crippen LogP contribution is 2.32. The Morgan fingerprint density at radius 1 is 0.956 bits per heavy atom. The van der Waals surface area contributed by atoms with Crippen molar-refractivity contribution in [3.63, 3.8) is 0 Å². The molecule has 0 spiro atoms. The maximum atomic E-state index is 12.6. The highest BCUT2D eigenvalue weighted by molar-refractivity contribution is 5.98. The molecule has 3 aromatic carbocycles. The first-order chi connectivity index (χ1) is 21.9. The van der Waals surface area contributed by atoms with E-state index in [1.165, 1.54) is 19.0 Å². The molecule has 0 aliphatic carbocycles. The first-order valence-electron chi connectivity index (χ1n) is 15.1. The van der Waals surface area contributed by atoms with Crippen molar-refractivity contribution in [3.8, 4) is 5.75 Å². The van der Waals surface area contributed by atoms with Crippen molar-refractivity contribution in [2.24, 2.45) is 5.73 Å². The van der Waals surface area contributed by atoms with Crippen molar-refractivity contribution >= 4 is 35.0 Å². The third-order valence-electron chi connectivity index (χ3n) is 8.60. The standard InChI is InChI=1S/C34H38N8O3/c1-41-26-13-14-27(41)21-42(20-26)19-23-8-15-29(30(16-23)45-2)39-32-28(31(35)43)18-37-34(40-32)38-25-11-9-24(10-12-25)33(44)36-17-22-6-4-3-5-7-22/h3-12,15-16,18,26-27H,13-14,17,19-21H2,1-2H3,(H2,35,43)(H,36,44)(H2,37,38,39,40). The van der Waals surface area contributed by atoms with Crippen LogP contribution in [0.1, 0.15) is 44.7 Å². The number of hydrogen-bond acceptors (Lipinski definition) is 9. The molecule has 45 heavy (non-hydrogen) atoms. The molecular formula is C34H38N8O3. The van der Waals surface area contributed by atoms with Gasteiger partial charge in [-0.15, -0.1) is 0 Å². The van der Waals surface area contributed by atoms with Crippen LogP contribution >= 0.6 is 0 Å². The third kappa shape index (κ3) is 7.05. The highest BCUT2D eigenvalue weighted by Gasteiger charge is 2.37. The van der Waals surface area contributed by atoms with Gasteiger partial charge in [-0.1, -0.05) is 36.4 Å². The molecule has 5 N–H and O–H groups in total. The number of nitrogens with two attached hydrogens (primary N) is 1. The summed E-state index contributed by atoms with van der Waals surface area (Å²) in [5.41, 5.74) is 9.83. The lowest BCUT2D eigenvalue weighted by Gasteiger charge is -2.39. The molecule has 0 radical (unpaired) electrons. The molecule has 3 heterocycles. The number of rotatable bonds is 11. The van der Waals surface area contributed by atoms with E-state index in [0.717, 1.165) is 30.8 Å². The maximum Gasteiger partial charge on any atom is 0.254 e. The van der Waals surface area contributed by atoms with E-state index in [1.807, 2.05) is 42.5 Å². The molecule has 4 aromatic rings. The van der Waals surface area contributed by atoms with Crippen molar-refractivity contribution in [1.82, 2.24) is 25.1 Å². The summed E-state index contributed by atoms with van der Waals surface area (Å²) in [6.07, 6.45) is 3.91. The normalized spacial score (nSPS) is 17.9. The summed E-state index contributed by atoms with van der Waals surface area (Å²) in [4.78, 5) is 38.7. The molecule has 2 aliphatic heterocycles. The third-order valence-corrected chi connectivity index (χ3v) is 8.60. The van der Waals surface area contributed by atoms with E-state index in [2.05, 4.69) is 48.8 Å². The Labute approximate surface area is 262 Å². The van der Waals surface area contributed by atoms with Crippen LogP contribution < -0.4 is 26.4 Å². The molecule has 2 unspecified atom stereocenters. The number of piperazine rings is 1. The quantitative estimate of drug-likeness (QED) is 0.197. The lowest BCUT2D eigenvalue weighted by molar-refractivity contribution is 0.0837. The number of fused-ring (bicyclic) bond motifs is 2. The number of anilines is 4. The van der Waals surface area contributed by atoms with E-state index in [0.29, 0.717) is 41.3 Å². The van der Waals surface area contributed by atoms with Gasteiger partial charge in [-0.25, -0.2) is 4.98 Å². The first kappa shape index (κ1) is 30.0. The second-order valence-electron chi connectivity index (χ2n) is 11.6. The molecule has 232 valence electrons. The molecule has 2 saturated heterocycles. The predicted octanol–water partition coefficient (Wildman–Crippen LogP) is 4.28. The molecule has 2 bridgehead atoms. The van der Waals surface area contributed by atoms with Gasteiger partial charge in [-0.05, 0) is 67.4 Å². The number of benzene rings is 3. The number of aromatic nitrogens is 2. The number of likely N-dealkylation sites (N-methyl/N-ethyl adjacent to an activating group) is 1. The second-order valence-corrected chi connectivity index (χ2v) is 11.6. The van der Waals surface area contributed by atoms with Gasteiger partial charge >= 0.3 is 0 Å². The summed E-state index contributed by atoms with van der Waals surface area (Å²) in [6.45, 7) is 3.43. The van der Waals surface area contributed by atoms with Gasteiger partial charge in [0, 0.05) is 55.7 Å². The molecule has 6 rings (SSSR count). The molecule has 11 nitrogen and oxygen atoms in total. The Kier molecular flexibility index (Phi) is 8.90. The largest absolute Gasteiger partial charge is 0.495 e. The molecule has 2 amide bonds. The number of ether oxygens (including phenoxy) is 1. The van der Waals surface area contributed by atoms with Crippen LogP contribution in [0.5, 0.6) is 5.75 Å². The number of carbonyl (C=O) groups is 2. The van der Waals surface area contributed by atoms with Crippen molar-refractivity contribution < 1.29 is 14.3 Å². The summed E-state index contributed by atoms with van der Waals surface area (Å²) in [6, 6.07) is 24.0. The Balaban J connectivity index is 1.13. The van der Waals surface area contributed by atoms with Crippen LogP contribution in [0.15, 0.2) is 79.0 Å². The number of nitrogens with one attached hydrogen (secondary N) is 3. The molecule has 2 fully saturated rings. The molecule has 2 aliphatic rings. The van der Waals surface area contributed by atoms with Gasteiger partial charge in [0.2, 0.25) is 5.95 Å². The van der Waals surface area contributed by atoms with Crippen LogP contribution in [-0.2, 0) is 13.1 Å². The van der Waals surface area contributed by atoms with Gasteiger partial charge in [0.15, 0.2) is 0 Å². The molecule has 1 aromatic heterocycles. The average molecular weight is 607 g/mol. The minimum atomic E-state index is -0.657. The number of carbonyl (C=O) groups excluding carboxylic acids is 2. The summed E-state index contributed by atoms with van der Waals surface area (Å²) in [7, 11) is 3.86. The minimum Gasteiger partial charge on any atom is -0.495 e. The van der Waals surface area contributed by atoms with Crippen molar-refractivity contribution in [2.45, 2.75) is 38.0 Å². The Hall–Kier alpha value is -5.00. The number of methoxy groups -OCH3 is 1. The van der Waals surface area contributed by atoms with Crippen LogP contribution in [-0.4, -0.2) is 70.9 Å². The second kappa shape index (κ2) is 13.3. The summed E-state index contributed by atoms with van der Waals surface area (Å²) < 4.78 is 5.72. The zero-order valence-corrected chi connectivity index (χ0v) is 25.5. The van der Waals surface area contributed by atoms with Gasteiger partial charge in [-0.2, -0.15) is 4.98 Å². The molecule has 2 atom stereocenters. The van der Waals surface area contributed by atoms with Gasteiger partial charge in [-0.3, -0.25) is 19.4 Å². The fraction of sp³-hybridized carbons (Fsp3) is 0.294. The fourth-order valence-electron chi connectivity index (χ4n) is 6.09. The van der Waals surface area contributed by atoms with Crippen LogP contribution in [0.3, 0.4) is 0 Å². The van der Waals surface area contributed by atoms with Gasteiger partial charge in [0.05, 0.1) is 12.8 Å². The lowest BCUT2D eigenvalue weighted by atomic mass is 10.1. The van der Waals surface area contributed by atoms with Crippen LogP contribution in [0.2, 0.25) is 0 Å². The van der Waals surface area contributed by atoms with Gasteiger partial charge in [0.1, 0.15) is 17.1 Å². The van der Waals surface area contributed by atoms with E-state index < -0.39 is 5.91 Å². The predicted molar refractivity (Wildman–Crippen MR) is 174 cm³/mol. The first-order valence-corrected chi connectivity index (χ1v) is 15.1. The van der Waals surface area contributed by atoms with E-state index in [4.69, 9.17) is 10.5 Å². The molecular weight excluding hydrogens is 568 g/mol. The fourth-order valence-corrected chi connectivity index (χ4v) is 6.09. The Morgan fingerprint density at radius 2 is 1.69 bits per heavy atom. The average Bonchev–Trinajstić information content (AvgIpc) is 3.24. The zero-order valence-electron chi connectivity index (χ0n) is 25.5. The van der Waals surface area contributed by atoms with Crippen LogP contribution in [0.4, 0.5) is 23.1 Å². The molecule has 11 heteroatoms. The van der Waals surface area contributed by atoms with E-state index in [1.54, 1.807) is 31.4 Å². The topological polar surface area (TPSA) is 138 Å². The van der Waals surface area contributed by atoms with Crippen molar-refractivity contribution in [2.75, 3.05) is 37.9 Å². The number of amides is 2. The summed E-state index contributed by atoms with van der Waals surface area (Å²) in [5, 5.41) is 9.28. The Morgan fingerprint density at radius 3 is 2.38 bits per heavy atom.